The van der Waals surface area contributed by atoms with Gasteiger partial charge in [0.2, 0.25) is 0 Å². The zero-order chi connectivity index (χ0) is 17.9. The van der Waals surface area contributed by atoms with Crippen molar-refractivity contribution in [2.24, 2.45) is 4.99 Å². The minimum Gasteiger partial charge on any atom is -0.357 e. The summed E-state index contributed by atoms with van der Waals surface area (Å²) in [5.41, 5.74) is 1.79. The van der Waals surface area contributed by atoms with E-state index in [2.05, 4.69) is 32.4 Å². The number of guanidine groups is 1. The van der Waals surface area contributed by atoms with Gasteiger partial charge in [0.25, 0.3) is 5.91 Å². The van der Waals surface area contributed by atoms with Crippen LogP contribution in [0, 0.1) is 0 Å². The molecule has 6 heteroatoms. The molecule has 0 spiro atoms. The predicted octanol–water partition coefficient (Wildman–Crippen LogP) is 1.65. The monoisotopic (exact) mass is 341 g/mol. The fraction of sp³-hybridized carbons (Fsp3) is 0.368. The number of amides is 1. The molecular formula is C19H27N5O. The van der Waals surface area contributed by atoms with E-state index in [1.54, 1.807) is 7.05 Å². The molecule has 0 radical (unpaired) electrons. The summed E-state index contributed by atoms with van der Waals surface area (Å²) >= 11 is 0. The quantitative estimate of drug-likeness (QED) is 0.505. The summed E-state index contributed by atoms with van der Waals surface area (Å²) in [6.45, 7) is 5.24. The Labute approximate surface area is 149 Å². The highest BCUT2D eigenvalue weighted by Crippen LogP contribution is 2.06. The average Bonchev–Trinajstić information content (AvgIpc) is 3.15. The van der Waals surface area contributed by atoms with Gasteiger partial charge < -0.3 is 20.5 Å². The second-order valence-corrected chi connectivity index (χ2v) is 5.64. The molecule has 134 valence electrons. The van der Waals surface area contributed by atoms with Gasteiger partial charge in [0.15, 0.2) is 5.96 Å². The second kappa shape index (κ2) is 10.2. The Balaban J connectivity index is 1.84. The number of carbonyl (C=O) groups excluding carboxylic acids is 1. The summed E-state index contributed by atoms with van der Waals surface area (Å²) in [7, 11) is 1.64. The molecule has 1 aromatic heterocycles. The van der Waals surface area contributed by atoms with Gasteiger partial charge >= 0.3 is 0 Å². The predicted molar refractivity (Wildman–Crippen MR) is 102 cm³/mol. The number of aromatic nitrogens is 1. The first-order valence-electron chi connectivity index (χ1n) is 8.67. The molecule has 3 N–H and O–H groups in total. The molecule has 1 aromatic carbocycles. The van der Waals surface area contributed by atoms with Crippen LogP contribution in [0.15, 0.2) is 53.8 Å². The van der Waals surface area contributed by atoms with Crippen LogP contribution in [0.3, 0.4) is 0 Å². The summed E-state index contributed by atoms with van der Waals surface area (Å²) in [6.07, 6.45) is 4.88. The Morgan fingerprint density at radius 3 is 2.68 bits per heavy atom. The first-order valence-corrected chi connectivity index (χ1v) is 8.67. The molecule has 6 nitrogen and oxygen atoms in total. The van der Waals surface area contributed by atoms with E-state index in [4.69, 9.17) is 0 Å². The van der Waals surface area contributed by atoms with E-state index >= 15 is 0 Å². The van der Waals surface area contributed by atoms with Crippen molar-refractivity contribution in [2.75, 3.05) is 26.7 Å². The lowest BCUT2D eigenvalue weighted by Crippen LogP contribution is -2.39. The lowest BCUT2D eigenvalue weighted by atomic mass is 10.1. The number of rotatable bonds is 8. The SMILES string of the molecule is CCNC(=NCCc1cccc(C(=O)NC)c1)NCCn1cccc1. The van der Waals surface area contributed by atoms with Crippen molar-refractivity contribution < 1.29 is 4.79 Å². The van der Waals surface area contributed by atoms with Crippen LogP contribution in [0.1, 0.15) is 22.8 Å². The summed E-state index contributed by atoms with van der Waals surface area (Å²) in [5, 5.41) is 9.24. The van der Waals surface area contributed by atoms with Gasteiger partial charge in [-0.1, -0.05) is 12.1 Å². The van der Waals surface area contributed by atoms with Crippen LogP contribution < -0.4 is 16.0 Å². The van der Waals surface area contributed by atoms with Crippen LogP contribution in [0.4, 0.5) is 0 Å². The normalized spacial score (nSPS) is 11.2. The fourth-order valence-corrected chi connectivity index (χ4v) is 2.47. The van der Waals surface area contributed by atoms with Crippen molar-refractivity contribution >= 4 is 11.9 Å². The highest BCUT2D eigenvalue weighted by atomic mass is 16.1. The first-order chi connectivity index (χ1) is 12.2. The molecule has 0 saturated heterocycles. The number of carbonyl (C=O) groups is 1. The molecule has 2 aromatic rings. The van der Waals surface area contributed by atoms with E-state index in [1.165, 1.54) is 0 Å². The standard InChI is InChI=1S/C19H27N5O/c1-3-21-19(23-11-14-24-12-4-5-13-24)22-10-9-16-7-6-8-17(15-16)18(25)20-2/h4-8,12-13,15H,3,9-11,14H2,1-2H3,(H,20,25)(H2,21,22,23). The number of nitrogens with one attached hydrogen (secondary N) is 3. The largest absolute Gasteiger partial charge is 0.357 e. The molecule has 2 rings (SSSR count). The maximum Gasteiger partial charge on any atom is 0.251 e. The van der Waals surface area contributed by atoms with Crippen LogP contribution in [0.25, 0.3) is 0 Å². The first kappa shape index (κ1) is 18.6. The van der Waals surface area contributed by atoms with E-state index in [0.717, 1.165) is 37.6 Å². The van der Waals surface area contributed by atoms with Gasteiger partial charge in [0.05, 0.1) is 0 Å². The Kier molecular flexibility index (Phi) is 7.56. The topological polar surface area (TPSA) is 70.4 Å². The van der Waals surface area contributed by atoms with Gasteiger partial charge in [-0.15, -0.1) is 0 Å². The number of hydrogen-bond donors (Lipinski definition) is 3. The van der Waals surface area contributed by atoms with Gasteiger partial charge in [0, 0.05) is 51.2 Å². The van der Waals surface area contributed by atoms with Gasteiger partial charge in [-0.05, 0) is 43.2 Å². The van der Waals surface area contributed by atoms with Crippen molar-refractivity contribution in [1.29, 1.82) is 0 Å². The Hall–Kier alpha value is -2.76. The van der Waals surface area contributed by atoms with Gasteiger partial charge in [-0.25, -0.2) is 0 Å². The van der Waals surface area contributed by atoms with Crippen molar-refractivity contribution in [2.45, 2.75) is 19.9 Å². The third-order valence-electron chi connectivity index (χ3n) is 3.76. The van der Waals surface area contributed by atoms with E-state index in [0.29, 0.717) is 12.1 Å². The van der Waals surface area contributed by atoms with Crippen molar-refractivity contribution in [3.63, 3.8) is 0 Å². The Morgan fingerprint density at radius 2 is 1.96 bits per heavy atom. The zero-order valence-electron chi connectivity index (χ0n) is 15.0. The minimum absolute atomic E-state index is 0.0645. The molecular weight excluding hydrogens is 314 g/mol. The van der Waals surface area contributed by atoms with E-state index in [-0.39, 0.29) is 5.91 Å². The summed E-state index contributed by atoms with van der Waals surface area (Å²) in [6, 6.07) is 11.7. The third kappa shape index (κ3) is 6.33. The average molecular weight is 341 g/mol. The lowest BCUT2D eigenvalue weighted by Gasteiger charge is -2.12. The highest BCUT2D eigenvalue weighted by Gasteiger charge is 2.03. The van der Waals surface area contributed by atoms with Crippen LogP contribution in [-0.2, 0) is 13.0 Å². The zero-order valence-corrected chi connectivity index (χ0v) is 15.0. The lowest BCUT2D eigenvalue weighted by molar-refractivity contribution is 0.0963. The van der Waals surface area contributed by atoms with Crippen LogP contribution in [0.2, 0.25) is 0 Å². The maximum atomic E-state index is 11.7. The Morgan fingerprint density at radius 1 is 1.16 bits per heavy atom. The molecule has 0 unspecified atom stereocenters. The molecule has 0 bridgehead atoms. The summed E-state index contributed by atoms with van der Waals surface area (Å²) < 4.78 is 2.13. The molecule has 0 aliphatic rings. The molecule has 0 saturated carbocycles. The number of benzene rings is 1. The van der Waals surface area contributed by atoms with Gasteiger partial charge in [-0.2, -0.15) is 0 Å². The summed E-state index contributed by atoms with van der Waals surface area (Å²) in [4.78, 5) is 16.3. The molecule has 0 fully saturated rings. The molecule has 0 aliphatic carbocycles. The molecule has 0 aliphatic heterocycles. The van der Waals surface area contributed by atoms with Crippen molar-refractivity contribution in [3.05, 3.63) is 59.9 Å². The van der Waals surface area contributed by atoms with Crippen molar-refractivity contribution in [3.8, 4) is 0 Å². The minimum atomic E-state index is -0.0645. The van der Waals surface area contributed by atoms with E-state index < -0.39 is 0 Å². The van der Waals surface area contributed by atoms with Gasteiger partial charge in [-0.3, -0.25) is 9.79 Å². The highest BCUT2D eigenvalue weighted by molar-refractivity contribution is 5.94. The fourth-order valence-electron chi connectivity index (χ4n) is 2.47. The maximum absolute atomic E-state index is 11.7. The van der Waals surface area contributed by atoms with E-state index in [9.17, 15) is 4.79 Å². The molecule has 0 atom stereocenters. The number of aliphatic imine (C=N–C) groups is 1. The van der Waals surface area contributed by atoms with Crippen LogP contribution >= 0.6 is 0 Å². The third-order valence-corrected chi connectivity index (χ3v) is 3.76. The molecule has 1 amide bonds. The van der Waals surface area contributed by atoms with Crippen molar-refractivity contribution in [1.82, 2.24) is 20.5 Å². The van der Waals surface area contributed by atoms with Gasteiger partial charge in [0.1, 0.15) is 0 Å². The second-order valence-electron chi connectivity index (χ2n) is 5.64. The van der Waals surface area contributed by atoms with Crippen LogP contribution in [0.5, 0.6) is 0 Å². The smallest absolute Gasteiger partial charge is 0.251 e. The molecule has 25 heavy (non-hydrogen) atoms. The molecule has 1 heterocycles. The number of hydrogen-bond acceptors (Lipinski definition) is 2. The number of nitrogens with zero attached hydrogens (tertiary/aromatic N) is 2. The van der Waals surface area contributed by atoms with E-state index in [1.807, 2.05) is 48.8 Å². The Bertz CT molecular complexity index is 679. The summed E-state index contributed by atoms with van der Waals surface area (Å²) in [5.74, 6) is 0.752. The van der Waals surface area contributed by atoms with Crippen LogP contribution in [-0.4, -0.2) is 43.1 Å².